The van der Waals surface area contributed by atoms with Crippen molar-refractivity contribution < 1.29 is 4.74 Å². The lowest BCUT2D eigenvalue weighted by Crippen LogP contribution is -2.10. The maximum Gasteiger partial charge on any atom is 0.152 e. The second-order valence-corrected chi connectivity index (χ2v) is 15.9. The highest BCUT2D eigenvalue weighted by atomic mass is 32.1. The van der Waals surface area contributed by atoms with Crippen LogP contribution in [0.15, 0.2) is 206 Å². The van der Waals surface area contributed by atoms with E-state index in [1.807, 2.05) is 23.5 Å². The molecule has 0 radical (unpaired) electrons. The van der Waals surface area contributed by atoms with Crippen molar-refractivity contribution in [2.45, 2.75) is 0 Å². The molecule has 272 valence electrons. The van der Waals surface area contributed by atoms with Crippen LogP contribution in [0.4, 0.5) is 17.1 Å². The maximum atomic E-state index is 6.43. The van der Waals surface area contributed by atoms with Gasteiger partial charge in [0.2, 0.25) is 0 Å². The molecule has 1 aliphatic heterocycles. The molecule has 0 saturated carbocycles. The largest absolute Gasteiger partial charge is 0.453 e. The minimum atomic E-state index is 0.873. The van der Waals surface area contributed by atoms with Crippen LogP contribution < -0.4 is 9.64 Å². The molecule has 0 atom stereocenters. The molecule has 58 heavy (non-hydrogen) atoms. The van der Waals surface area contributed by atoms with Crippen LogP contribution in [0.3, 0.4) is 0 Å². The van der Waals surface area contributed by atoms with Crippen LogP contribution in [0.5, 0.6) is 11.5 Å². The highest BCUT2D eigenvalue weighted by Gasteiger charge is 2.25. The lowest BCUT2D eigenvalue weighted by Gasteiger charge is -2.26. The topological polar surface area (TPSA) is 17.4 Å². The van der Waals surface area contributed by atoms with Crippen molar-refractivity contribution in [3.05, 3.63) is 206 Å². The molecule has 3 nitrogen and oxygen atoms in total. The van der Waals surface area contributed by atoms with E-state index >= 15 is 0 Å². The van der Waals surface area contributed by atoms with E-state index in [9.17, 15) is 0 Å². The second-order valence-electron chi connectivity index (χ2n) is 14.9. The molecule has 4 heteroatoms. The highest BCUT2D eigenvalue weighted by molar-refractivity contribution is 7.26. The normalized spacial score (nSPS) is 11.9. The zero-order valence-electron chi connectivity index (χ0n) is 31.3. The van der Waals surface area contributed by atoms with E-state index in [4.69, 9.17) is 4.74 Å². The molecule has 0 unspecified atom stereocenters. The summed E-state index contributed by atoms with van der Waals surface area (Å²) in [5, 5.41) is 4.99. The van der Waals surface area contributed by atoms with E-state index in [1.54, 1.807) is 0 Å². The number of thiophene rings is 1. The summed E-state index contributed by atoms with van der Waals surface area (Å²) in [5.74, 6) is 1.76. The van der Waals surface area contributed by atoms with Crippen molar-refractivity contribution in [3.63, 3.8) is 0 Å². The Hall–Kier alpha value is -7.40. The van der Waals surface area contributed by atoms with Crippen LogP contribution in [0.2, 0.25) is 0 Å². The second kappa shape index (κ2) is 13.1. The number of ether oxygens (including phenoxy) is 1. The number of fused-ring (bicyclic) bond motifs is 8. The van der Waals surface area contributed by atoms with Gasteiger partial charge >= 0.3 is 0 Å². The Morgan fingerprint density at radius 2 is 0.983 bits per heavy atom. The molecule has 0 bridgehead atoms. The molecule has 0 amide bonds. The van der Waals surface area contributed by atoms with E-state index < -0.39 is 0 Å². The minimum absolute atomic E-state index is 0.873. The zero-order valence-corrected chi connectivity index (χ0v) is 32.2. The molecule has 2 aromatic heterocycles. The number of benzene rings is 9. The van der Waals surface area contributed by atoms with Gasteiger partial charge in [0.05, 0.1) is 27.1 Å². The van der Waals surface area contributed by atoms with Crippen LogP contribution in [0, 0.1) is 0 Å². The first-order valence-corrected chi connectivity index (χ1v) is 20.5. The number of anilines is 3. The number of hydrogen-bond acceptors (Lipinski definition) is 3. The van der Waals surface area contributed by atoms with Gasteiger partial charge < -0.3 is 14.2 Å². The zero-order chi connectivity index (χ0) is 38.2. The van der Waals surface area contributed by atoms with Crippen LogP contribution >= 0.6 is 11.3 Å². The molecule has 3 heterocycles. The molecule has 0 N–H and O–H groups in total. The molecule has 11 aromatic rings. The van der Waals surface area contributed by atoms with Gasteiger partial charge in [-0.25, -0.2) is 0 Å². The number of rotatable bonds is 6. The fraction of sp³-hybridized carbons (Fsp3) is 0. The maximum absolute atomic E-state index is 6.43. The van der Waals surface area contributed by atoms with Gasteiger partial charge in [-0.05, 0) is 94.0 Å². The number of para-hydroxylation sites is 3. The molecule has 1 aliphatic rings. The van der Waals surface area contributed by atoms with Gasteiger partial charge in [-0.2, -0.15) is 0 Å². The molecule has 0 saturated heterocycles. The van der Waals surface area contributed by atoms with E-state index in [0.717, 1.165) is 34.1 Å². The Morgan fingerprint density at radius 1 is 0.414 bits per heavy atom. The summed E-state index contributed by atoms with van der Waals surface area (Å²) in [6, 6.07) is 74.4. The van der Waals surface area contributed by atoms with Crippen molar-refractivity contribution in [3.8, 4) is 50.6 Å². The van der Waals surface area contributed by atoms with Crippen molar-refractivity contribution in [2.24, 2.45) is 0 Å². The first-order valence-electron chi connectivity index (χ1n) is 19.7. The fourth-order valence-corrected chi connectivity index (χ4v) is 10.1. The number of hydrogen-bond donors (Lipinski definition) is 0. The Labute approximate surface area is 339 Å². The Morgan fingerprint density at radius 3 is 1.76 bits per heavy atom. The lowest BCUT2D eigenvalue weighted by atomic mass is 9.98. The van der Waals surface area contributed by atoms with Crippen molar-refractivity contribution in [1.29, 1.82) is 0 Å². The number of aromatic nitrogens is 1. The summed E-state index contributed by atoms with van der Waals surface area (Å²) >= 11 is 1.86. The Kier molecular flexibility index (Phi) is 7.40. The van der Waals surface area contributed by atoms with Gasteiger partial charge in [0, 0.05) is 37.6 Å². The summed E-state index contributed by atoms with van der Waals surface area (Å²) in [5.41, 5.74) is 13.9. The fourth-order valence-electron chi connectivity index (χ4n) is 8.92. The summed E-state index contributed by atoms with van der Waals surface area (Å²) in [4.78, 5) is 2.42. The predicted molar refractivity (Wildman–Crippen MR) is 245 cm³/mol. The summed E-state index contributed by atoms with van der Waals surface area (Å²) in [6.45, 7) is 0. The van der Waals surface area contributed by atoms with Crippen LogP contribution in [-0.4, -0.2) is 4.57 Å². The molecule has 0 fully saturated rings. The van der Waals surface area contributed by atoms with Crippen molar-refractivity contribution >= 4 is 70.4 Å². The van der Waals surface area contributed by atoms with Crippen LogP contribution in [-0.2, 0) is 0 Å². The molecule has 9 aromatic carbocycles. The van der Waals surface area contributed by atoms with Gasteiger partial charge in [0.25, 0.3) is 0 Å². The van der Waals surface area contributed by atoms with Crippen LogP contribution in [0.1, 0.15) is 0 Å². The monoisotopic (exact) mass is 758 g/mol. The standard InChI is InChI=1S/C54H34N2OS/c1-2-11-35(12-3-1)36-23-25-37(26-24-36)38-27-31-40(32-28-38)55(48-19-9-15-44-43-13-4-7-22-51(43)58-54(44)48)41-33-29-39(30-34-41)42-14-8-18-47-52(42)45-16-10-21-50-53(45)56(47)46-17-5-6-20-49(46)57-50/h1-34H. The van der Waals surface area contributed by atoms with Gasteiger partial charge in [-0.3, -0.25) is 0 Å². The average molecular weight is 759 g/mol. The third kappa shape index (κ3) is 5.12. The van der Waals surface area contributed by atoms with Crippen molar-refractivity contribution in [1.82, 2.24) is 4.57 Å². The van der Waals surface area contributed by atoms with E-state index in [1.165, 1.54) is 75.5 Å². The summed E-state index contributed by atoms with van der Waals surface area (Å²) in [6.07, 6.45) is 0. The smallest absolute Gasteiger partial charge is 0.152 e. The first kappa shape index (κ1) is 32.8. The van der Waals surface area contributed by atoms with E-state index in [-0.39, 0.29) is 0 Å². The van der Waals surface area contributed by atoms with Crippen molar-refractivity contribution in [2.75, 3.05) is 4.90 Å². The Balaban J connectivity index is 0.979. The number of nitrogens with zero attached hydrogens (tertiary/aromatic N) is 2. The third-order valence-electron chi connectivity index (χ3n) is 11.6. The Bertz CT molecular complexity index is 3340. The molecular weight excluding hydrogens is 725 g/mol. The van der Waals surface area contributed by atoms with Gasteiger partial charge in [-0.1, -0.05) is 146 Å². The molecule has 12 rings (SSSR count). The molecule has 0 spiro atoms. The van der Waals surface area contributed by atoms with Crippen LogP contribution in [0.25, 0.3) is 81.0 Å². The van der Waals surface area contributed by atoms with Gasteiger partial charge in [0.1, 0.15) is 0 Å². The van der Waals surface area contributed by atoms with E-state index in [2.05, 4.69) is 204 Å². The van der Waals surface area contributed by atoms with Gasteiger partial charge in [0.15, 0.2) is 11.5 Å². The first-order chi connectivity index (χ1) is 28.8. The predicted octanol–water partition coefficient (Wildman–Crippen LogP) is 15.7. The highest BCUT2D eigenvalue weighted by Crippen LogP contribution is 2.49. The summed E-state index contributed by atoms with van der Waals surface area (Å²) in [7, 11) is 0. The minimum Gasteiger partial charge on any atom is -0.453 e. The molecular formula is C54H34N2OS. The average Bonchev–Trinajstić information content (AvgIpc) is 3.85. The van der Waals surface area contributed by atoms with E-state index in [0.29, 0.717) is 0 Å². The lowest BCUT2D eigenvalue weighted by molar-refractivity contribution is 0.476. The summed E-state index contributed by atoms with van der Waals surface area (Å²) < 4.78 is 11.4. The third-order valence-corrected chi connectivity index (χ3v) is 12.8. The van der Waals surface area contributed by atoms with Gasteiger partial charge in [-0.15, -0.1) is 11.3 Å². The SMILES string of the molecule is c1ccc(-c2ccc(-c3ccc(N(c4ccc(-c5cccc6c5c5cccc7c5n6-c5ccccc5O7)cc4)c4cccc5c4sc4ccccc45)cc3)cc2)cc1. The quantitative estimate of drug-likeness (QED) is 0.168. The molecule has 0 aliphatic carbocycles.